The van der Waals surface area contributed by atoms with E-state index in [9.17, 15) is 33.6 Å². The molecule has 24 heteroatoms. The molecule has 7 atom stereocenters. The maximum atomic E-state index is 14.3. The SMILES string of the molecule is CCC(CC)(COC(C)(C)CCOC(C)(C)CCNC(=O)C(CCCCNC(=O)C(CCCCNC(=O)C(N)CCCCN)NC(=O)C(N)CCCCN)NC(=O)C(CCCCNC(=O)C(N)CCCCN)NC(=O)C(N)CCCCN)C(C)C. The molecule has 0 radical (unpaired) electrons. The molecule has 0 spiro atoms. The first-order valence-corrected chi connectivity index (χ1v) is 32.4. The van der Waals surface area contributed by atoms with Gasteiger partial charge in [0, 0.05) is 26.2 Å². The number of nitrogens with two attached hydrogens (primary N) is 8. The zero-order valence-electron chi connectivity index (χ0n) is 54.2. The largest absolute Gasteiger partial charge is 0.375 e. The van der Waals surface area contributed by atoms with E-state index in [1.165, 1.54) is 0 Å². The first kappa shape index (κ1) is 80.9. The van der Waals surface area contributed by atoms with E-state index < -0.39 is 83.0 Å². The topological polar surface area (TPSA) is 430 Å². The summed E-state index contributed by atoms with van der Waals surface area (Å²) in [7, 11) is 0. The molecule has 23 N–H and O–H groups in total. The summed E-state index contributed by atoms with van der Waals surface area (Å²) < 4.78 is 12.9. The van der Waals surface area contributed by atoms with Crippen molar-refractivity contribution in [3.8, 4) is 0 Å². The van der Waals surface area contributed by atoms with Gasteiger partial charge in [-0.3, -0.25) is 33.6 Å². The highest BCUT2D eigenvalue weighted by Gasteiger charge is 2.34. The first-order chi connectivity index (χ1) is 40.3. The lowest BCUT2D eigenvalue weighted by Gasteiger charge is -2.39. The van der Waals surface area contributed by atoms with Crippen LogP contribution in [-0.4, -0.2) is 160 Å². The molecule has 0 aliphatic carbocycles. The first-order valence-electron chi connectivity index (χ1n) is 32.4. The molecule has 7 amide bonds. The number of unbranched alkanes of at least 4 members (excludes halogenated alkanes) is 7. The molecule has 0 rings (SSSR count). The fourth-order valence-electron chi connectivity index (χ4n) is 9.74. The quantitative estimate of drug-likeness (QED) is 0.0388. The maximum absolute atomic E-state index is 14.3. The molecule has 0 aromatic heterocycles. The smallest absolute Gasteiger partial charge is 0.243 e. The van der Waals surface area contributed by atoms with E-state index in [0.29, 0.717) is 161 Å². The molecular formula is C61H125N15O9. The highest BCUT2D eigenvalue weighted by atomic mass is 16.5. The standard InChI is InChI=1S/C61H125N15O9/c1-9-61(10-2,44(3)4)43-85-60(7,8)33-42-84-59(5,6)32-41-73-57(82)50(76-58(83)51(75-55(80)48(69)28-14-21-37-65)31-17-23-39-71-53(78)46(67)26-12-19-35-63)30-16-24-40-72-56(81)49(74-54(79)47(68)27-13-20-36-64)29-15-22-38-70-52(77)45(66)25-11-18-34-62/h44-51H,9-43,62-69H2,1-8H3,(H,70,77)(H,71,78)(H,72,81)(H,73,82)(H,74,79)(H,75,80)(H,76,83). The van der Waals surface area contributed by atoms with Gasteiger partial charge in [0.05, 0.1) is 48.6 Å². The summed E-state index contributed by atoms with van der Waals surface area (Å²) in [5.74, 6) is -2.46. The van der Waals surface area contributed by atoms with E-state index >= 15 is 0 Å². The summed E-state index contributed by atoms with van der Waals surface area (Å²) in [4.78, 5) is 94.2. The monoisotopic (exact) mass is 1210 g/mol. The Morgan fingerprint density at radius 2 is 0.682 bits per heavy atom. The number of carbonyl (C=O) groups is 7. The number of carbonyl (C=O) groups excluding carboxylic acids is 7. The van der Waals surface area contributed by atoms with Gasteiger partial charge in [0.25, 0.3) is 0 Å². The van der Waals surface area contributed by atoms with Crippen LogP contribution in [-0.2, 0) is 43.0 Å². The third-order valence-corrected chi connectivity index (χ3v) is 16.4. The Balaban J connectivity index is 6.34. The van der Waals surface area contributed by atoms with Crippen molar-refractivity contribution in [1.82, 2.24) is 37.2 Å². The number of hydrogen-bond acceptors (Lipinski definition) is 17. The lowest BCUT2D eigenvalue weighted by Crippen LogP contribution is -2.56. The van der Waals surface area contributed by atoms with Gasteiger partial charge in [0.2, 0.25) is 41.4 Å². The van der Waals surface area contributed by atoms with E-state index in [1.807, 2.05) is 13.8 Å². The lowest BCUT2D eigenvalue weighted by atomic mass is 9.73. The van der Waals surface area contributed by atoms with Gasteiger partial charge in [0.1, 0.15) is 18.1 Å². The normalized spacial score (nSPS) is 14.6. The summed E-state index contributed by atoms with van der Waals surface area (Å²) in [5, 5.41) is 20.2. The van der Waals surface area contributed by atoms with Crippen LogP contribution in [0.5, 0.6) is 0 Å². The minimum Gasteiger partial charge on any atom is -0.375 e. The molecule has 85 heavy (non-hydrogen) atoms. The molecule has 0 aromatic rings. The molecule has 24 nitrogen and oxygen atoms in total. The molecule has 0 aliphatic rings. The van der Waals surface area contributed by atoms with Crippen molar-refractivity contribution in [3.05, 3.63) is 0 Å². The maximum Gasteiger partial charge on any atom is 0.243 e. The summed E-state index contributed by atoms with van der Waals surface area (Å²) in [6, 6.07) is -6.06. The van der Waals surface area contributed by atoms with Crippen LogP contribution in [0.1, 0.15) is 216 Å². The van der Waals surface area contributed by atoms with Crippen molar-refractivity contribution in [1.29, 1.82) is 0 Å². The molecule has 498 valence electrons. The number of rotatable bonds is 54. The minimum absolute atomic E-state index is 0.101. The third kappa shape index (κ3) is 37.4. The Morgan fingerprint density at radius 1 is 0.376 bits per heavy atom. The fourth-order valence-corrected chi connectivity index (χ4v) is 9.74. The average Bonchev–Trinajstić information content (AvgIpc) is 3.60. The van der Waals surface area contributed by atoms with Gasteiger partial charge in [0.15, 0.2) is 0 Å². The minimum atomic E-state index is -1.07. The average molecular weight is 1210 g/mol. The highest BCUT2D eigenvalue weighted by Crippen LogP contribution is 2.37. The van der Waals surface area contributed by atoms with Gasteiger partial charge in [-0.15, -0.1) is 0 Å². The fraction of sp³-hybridized carbons (Fsp3) is 0.885. The second kappa shape index (κ2) is 47.0. The van der Waals surface area contributed by atoms with Crippen LogP contribution < -0.4 is 83.1 Å². The van der Waals surface area contributed by atoms with Gasteiger partial charge in [-0.2, -0.15) is 0 Å². The Hall–Kier alpha value is -4.11. The van der Waals surface area contributed by atoms with Crippen LogP contribution in [0, 0.1) is 11.3 Å². The Labute approximate surface area is 512 Å². The third-order valence-electron chi connectivity index (χ3n) is 16.4. The van der Waals surface area contributed by atoms with Gasteiger partial charge >= 0.3 is 0 Å². The van der Waals surface area contributed by atoms with Gasteiger partial charge < -0.3 is 92.6 Å². The summed E-state index contributed by atoms with van der Waals surface area (Å²) in [6.07, 6.45) is 14.0. The van der Waals surface area contributed by atoms with Crippen LogP contribution in [0.2, 0.25) is 0 Å². The van der Waals surface area contributed by atoms with Crippen molar-refractivity contribution >= 4 is 41.4 Å². The number of hydrogen-bond donors (Lipinski definition) is 15. The van der Waals surface area contributed by atoms with E-state index in [1.54, 1.807) is 0 Å². The van der Waals surface area contributed by atoms with Crippen LogP contribution in [0.3, 0.4) is 0 Å². The molecule has 0 fully saturated rings. The van der Waals surface area contributed by atoms with Crippen LogP contribution in [0.4, 0.5) is 0 Å². The van der Waals surface area contributed by atoms with Crippen molar-refractivity contribution < 1.29 is 43.0 Å². The zero-order valence-corrected chi connectivity index (χ0v) is 54.2. The predicted octanol–water partition coefficient (Wildman–Crippen LogP) is 2.07. The second-order valence-corrected chi connectivity index (χ2v) is 24.8. The van der Waals surface area contributed by atoms with Gasteiger partial charge in [-0.1, -0.05) is 53.4 Å². The summed E-state index contributed by atoms with van der Waals surface area (Å²) in [5.41, 5.74) is 46.2. The van der Waals surface area contributed by atoms with Crippen LogP contribution >= 0.6 is 0 Å². The van der Waals surface area contributed by atoms with Crippen molar-refractivity contribution in [3.63, 3.8) is 0 Å². The lowest BCUT2D eigenvalue weighted by molar-refractivity contribution is -0.132. The van der Waals surface area contributed by atoms with Crippen LogP contribution in [0.15, 0.2) is 0 Å². The molecule has 0 heterocycles. The van der Waals surface area contributed by atoms with Crippen molar-refractivity contribution in [2.24, 2.45) is 57.2 Å². The summed E-state index contributed by atoms with van der Waals surface area (Å²) in [6.45, 7) is 21.2. The van der Waals surface area contributed by atoms with Crippen molar-refractivity contribution in [2.75, 3.05) is 65.6 Å². The predicted molar refractivity (Wildman–Crippen MR) is 340 cm³/mol. The molecular weight excluding hydrogens is 1090 g/mol. The van der Waals surface area contributed by atoms with E-state index in [4.69, 9.17) is 55.3 Å². The van der Waals surface area contributed by atoms with Crippen molar-refractivity contribution in [2.45, 2.75) is 269 Å². The molecule has 0 aliphatic heterocycles. The number of ether oxygens (including phenoxy) is 2. The number of nitrogens with one attached hydrogen (secondary N) is 7. The Morgan fingerprint density at radius 3 is 1.04 bits per heavy atom. The Kier molecular flexibility index (Phi) is 44.7. The second-order valence-electron chi connectivity index (χ2n) is 24.8. The molecule has 0 saturated heterocycles. The zero-order chi connectivity index (χ0) is 64.3. The highest BCUT2D eigenvalue weighted by molar-refractivity contribution is 5.93. The van der Waals surface area contributed by atoms with Crippen LogP contribution in [0.25, 0.3) is 0 Å². The summed E-state index contributed by atoms with van der Waals surface area (Å²) >= 11 is 0. The molecule has 0 aromatic carbocycles. The number of amides is 7. The van der Waals surface area contributed by atoms with Gasteiger partial charge in [-0.05, 0) is 200 Å². The molecule has 7 unspecified atom stereocenters. The van der Waals surface area contributed by atoms with E-state index in [-0.39, 0.29) is 49.6 Å². The molecule has 0 bridgehead atoms. The van der Waals surface area contributed by atoms with E-state index in [2.05, 4.69) is 78.8 Å². The van der Waals surface area contributed by atoms with E-state index in [0.717, 1.165) is 38.5 Å². The van der Waals surface area contributed by atoms with Gasteiger partial charge in [-0.25, -0.2) is 0 Å². The molecule has 0 saturated carbocycles. The Bertz CT molecular complexity index is 1840.